The van der Waals surface area contributed by atoms with Gasteiger partial charge in [-0.2, -0.15) is 5.10 Å². The summed E-state index contributed by atoms with van der Waals surface area (Å²) in [5.74, 6) is -0.244. The van der Waals surface area contributed by atoms with Crippen molar-refractivity contribution >= 4 is 38.3 Å². The van der Waals surface area contributed by atoms with Crippen LogP contribution in [0.15, 0.2) is 36.7 Å². The van der Waals surface area contributed by atoms with E-state index in [1.54, 1.807) is 36.7 Å². The van der Waals surface area contributed by atoms with E-state index in [1.807, 2.05) is 11.6 Å². The minimum absolute atomic E-state index is 0.233. The number of nitrogens with zero attached hydrogens (tertiary/aromatic N) is 3. The third-order valence-corrected chi connectivity index (χ3v) is 6.65. The molecule has 0 aliphatic heterocycles. The molecule has 1 aromatic carbocycles. The molecule has 182 valence electrons. The fourth-order valence-corrected chi connectivity index (χ4v) is 4.80. The average molecular weight is 486 g/mol. The van der Waals surface area contributed by atoms with Gasteiger partial charge in [-0.15, -0.1) is 0 Å². The third-order valence-electron chi connectivity index (χ3n) is 6.04. The maximum absolute atomic E-state index is 13.2. The SMILES string of the molecule is CCn1ncc2c(N[C@H]3CC[C@@H](N)CC3)c(C(=O)NCc3ccc(NS(C)(=O)=O)cc3)cnc21. The number of fused-ring (bicyclic) bond motifs is 1. The van der Waals surface area contributed by atoms with Crippen molar-refractivity contribution in [1.82, 2.24) is 20.1 Å². The Labute approximate surface area is 199 Å². The van der Waals surface area contributed by atoms with Gasteiger partial charge in [0.05, 0.1) is 29.1 Å². The van der Waals surface area contributed by atoms with Gasteiger partial charge in [0, 0.05) is 37.1 Å². The van der Waals surface area contributed by atoms with Gasteiger partial charge in [0.1, 0.15) is 0 Å². The van der Waals surface area contributed by atoms with Gasteiger partial charge in [0.25, 0.3) is 5.91 Å². The van der Waals surface area contributed by atoms with Gasteiger partial charge in [0.15, 0.2) is 5.65 Å². The van der Waals surface area contributed by atoms with Gasteiger partial charge in [0.2, 0.25) is 10.0 Å². The van der Waals surface area contributed by atoms with E-state index >= 15 is 0 Å². The van der Waals surface area contributed by atoms with E-state index in [-0.39, 0.29) is 18.0 Å². The van der Waals surface area contributed by atoms with Crippen molar-refractivity contribution in [2.45, 2.75) is 57.8 Å². The smallest absolute Gasteiger partial charge is 0.255 e. The summed E-state index contributed by atoms with van der Waals surface area (Å²) in [5, 5.41) is 11.8. The number of pyridine rings is 1. The Hall–Kier alpha value is -3.18. The fourth-order valence-electron chi connectivity index (χ4n) is 4.24. The van der Waals surface area contributed by atoms with Crippen LogP contribution in [-0.4, -0.2) is 47.4 Å². The molecule has 0 radical (unpaired) electrons. The number of amides is 1. The predicted octanol–water partition coefficient (Wildman–Crippen LogP) is 2.43. The summed E-state index contributed by atoms with van der Waals surface area (Å²) in [5.41, 5.74) is 9.33. The molecule has 2 aromatic heterocycles. The second-order valence-electron chi connectivity index (χ2n) is 8.75. The van der Waals surface area contributed by atoms with E-state index in [0.29, 0.717) is 24.3 Å². The number of nitrogens with one attached hydrogen (secondary N) is 3. The van der Waals surface area contributed by atoms with Crippen LogP contribution >= 0.6 is 0 Å². The zero-order chi connectivity index (χ0) is 24.3. The molecule has 1 amide bonds. The zero-order valence-corrected chi connectivity index (χ0v) is 20.2. The van der Waals surface area contributed by atoms with E-state index < -0.39 is 10.0 Å². The summed E-state index contributed by atoms with van der Waals surface area (Å²) in [6.07, 6.45) is 8.25. The maximum atomic E-state index is 13.2. The van der Waals surface area contributed by atoms with Crippen LogP contribution in [0.2, 0.25) is 0 Å². The lowest BCUT2D eigenvalue weighted by atomic mass is 9.91. The third kappa shape index (κ3) is 5.65. The molecule has 0 spiro atoms. The number of hydrogen-bond donors (Lipinski definition) is 4. The van der Waals surface area contributed by atoms with Gasteiger partial charge in [-0.1, -0.05) is 12.1 Å². The number of hydrogen-bond acceptors (Lipinski definition) is 7. The lowest BCUT2D eigenvalue weighted by Crippen LogP contribution is -2.33. The molecule has 2 heterocycles. The quantitative estimate of drug-likeness (QED) is 0.383. The number of nitrogens with two attached hydrogens (primary N) is 1. The minimum atomic E-state index is -3.34. The van der Waals surface area contributed by atoms with Gasteiger partial charge >= 0.3 is 0 Å². The van der Waals surface area contributed by atoms with Crippen molar-refractivity contribution in [1.29, 1.82) is 0 Å². The van der Waals surface area contributed by atoms with Crippen molar-refractivity contribution in [2.75, 3.05) is 16.3 Å². The number of sulfonamides is 1. The van der Waals surface area contributed by atoms with Crippen LogP contribution in [0.5, 0.6) is 0 Å². The highest BCUT2D eigenvalue weighted by atomic mass is 32.2. The molecule has 1 aliphatic rings. The van der Waals surface area contributed by atoms with Crippen LogP contribution in [0, 0.1) is 0 Å². The molecule has 1 saturated carbocycles. The van der Waals surface area contributed by atoms with Crippen molar-refractivity contribution in [3.63, 3.8) is 0 Å². The molecular weight excluding hydrogens is 454 g/mol. The molecule has 1 aliphatic carbocycles. The molecule has 0 unspecified atom stereocenters. The molecule has 11 heteroatoms. The van der Waals surface area contributed by atoms with E-state index in [4.69, 9.17) is 5.73 Å². The van der Waals surface area contributed by atoms with Crippen LogP contribution in [0.3, 0.4) is 0 Å². The highest BCUT2D eigenvalue weighted by Gasteiger charge is 2.23. The standard InChI is InChI=1S/C23H31N7O3S/c1-3-30-22-19(14-27-30)21(28-17-10-6-16(24)7-11-17)20(13-25-22)23(31)26-12-15-4-8-18(9-5-15)29-34(2,32)33/h4-5,8-9,13-14,16-17,29H,3,6-7,10-12,24H2,1-2H3,(H,25,28)(H,26,31)/t16-,17+. The summed E-state index contributed by atoms with van der Waals surface area (Å²) < 4.78 is 27.0. The fraction of sp³-hybridized carbons (Fsp3) is 0.435. The molecule has 4 rings (SSSR count). The number of carbonyl (C=O) groups excluding carboxylic acids is 1. The topological polar surface area (TPSA) is 144 Å². The van der Waals surface area contributed by atoms with Crippen LogP contribution in [0.1, 0.15) is 48.5 Å². The van der Waals surface area contributed by atoms with E-state index in [1.165, 1.54) is 0 Å². The zero-order valence-electron chi connectivity index (χ0n) is 19.4. The second kappa shape index (κ2) is 9.98. The van der Waals surface area contributed by atoms with Crippen LogP contribution in [0.4, 0.5) is 11.4 Å². The van der Waals surface area contributed by atoms with Crippen LogP contribution in [-0.2, 0) is 23.1 Å². The predicted molar refractivity (Wildman–Crippen MR) is 133 cm³/mol. The Balaban J connectivity index is 1.53. The molecule has 3 aromatic rings. The Bertz CT molecular complexity index is 1260. The molecule has 0 bridgehead atoms. The molecule has 10 nitrogen and oxygen atoms in total. The van der Waals surface area contributed by atoms with Crippen LogP contribution in [0.25, 0.3) is 11.0 Å². The Morgan fingerprint density at radius 3 is 2.50 bits per heavy atom. The van der Waals surface area contributed by atoms with E-state index in [0.717, 1.165) is 54.2 Å². The van der Waals surface area contributed by atoms with Crippen molar-refractivity contribution in [3.8, 4) is 0 Å². The highest BCUT2D eigenvalue weighted by molar-refractivity contribution is 7.92. The Kier molecular flexibility index (Phi) is 7.03. The lowest BCUT2D eigenvalue weighted by Gasteiger charge is -2.28. The normalized spacial score (nSPS) is 18.6. The largest absolute Gasteiger partial charge is 0.381 e. The first-order valence-corrected chi connectivity index (χ1v) is 13.3. The number of benzene rings is 1. The van der Waals surface area contributed by atoms with E-state index in [2.05, 4.69) is 25.4 Å². The molecule has 0 atom stereocenters. The number of aryl methyl sites for hydroxylation is 1. The van der Waals surface area contributed by atoms with Crippen molar-refractivity contribution in [2.24, 2.45) is 5.73 Å². The van der Waals surface area contributed by atoms with Crippen molar-refractivity contribution < 1.29 is 13.2 Å². The number of aromatic nitrogens is 3. The first kappa shape index (κ1) is 24.0. The van der Waals surface area contributed by atoms with Gasteiger partial charge in [-0.25, -0.2) is 18.1 Å². The molecule has 1 fully saturated rings. The molecular formula is C23H31N7O3S. The Morgan fingerprint density at radius 1 is 1.15 bits per heavy atom. The van der Waals surface area contributed by atoms with Gasteiger partial charge in [-0.05, 0) is 50.3 Å². The molecule has 34 heavy (non-hydrogen) atoms. The average Bonchev–Trinajstić information content (AvgIpc) is 3.23. The summed E-state index contributed by atoms with van der Waals surface area (Å²) in [6.45, 7) is 2.98. The van der Waals surface area contributed by atoms with Gasteiger partial charge < -0.3 is 16.4 Å². The summed E-state index contributed by atoms with van der Waals surface area (Å²) in [4.78, 5) is 17.7. The van der Waals surface area contributed by atoms with E-state index in [9.17, 15) is 13.2 Å². The van der Waals surface area contributed by atoms with Gasteiger partial charge in [-0.3, -0.25) is 9.52 Å². The minimum Gasteiger partial charge on any atom is -0.381 e. The first-order valence-electron chi connectivity index (χ1n) is 11.4. The second-order valence-corrected chi connectivity index (χ2v) is 10.5. The maximum Gasteiger partial charge on any atom is 0.255 e. The summed E-state index contributed by atoms with van der Waals surface area (Å²) >= 11 is 0. The number of anilines is 2. The Morgan fingerprint density at radius 2 is 1.85 bits per heavy atom. The number of rotatable bonds is 8. The van der Waals surface area contributed by atoms with Crippen LogP contribution < -0.4 is 21.1 Å². The summed E-state index contributed by atoms with van der Waals surface area (Å²) in [6, 6.07) is 7.33. The molecule has 0 saturated heterocycles. The van der Waals surface area contributed by atoms with Crippen molar-refractivity contribution in [3.05, 3.63) is 47.8 Å². The monoisotopic (exact) mass is 485 g/mol. The number of carbonyl (C=O) groups is 1. The molecule has 5 N–H and O–H groups in total. The first-order chi connectivity index (χ1) is 16.2. The lowest BCUT2D eigenvalue weighted by molar-refractivity contribution is 0.0951. The summed E-state index contributed by atoms with van der Waals surface area (Å²) in [7, 11) is -3.34. The highest BCUT2D eigenvalue weighted by Crippen LogP contribution is 2.30.